The molecule has 0 fully saturated rings. The number of unbranched alkanes of at least 4 members (excludes halogenated alkanes) is 9. The van der Waals surface area contributed by atoms with Crippen LogP contribution in [-0.2, 0) is 10.2 Å². The van der Waals surface area contributed by atoms with Gasteiger partial charge in [0.25, 0.3) is 0 Å². The Balaban J connectivity index is 0.00000529. The van der Waals surface area contributed by atoms with E-state index in [4.69, 9.17) is 0 Å². The van der Waals surface area contributed by atoms with E-state index >= 15 is 0 Å². The molecule has 0 N–H and O–H groups in total. The van der Waals surface area contributed by atoms with Crippen LogP contribution in [0.3, 0.4) is 0 Å². The molecular weight excluding hydrogens is 323 g/mol. The standard InChI is InChI=1S/C21H34O2.K/c1-3-4-5-6-7-8-9-10-11-15-18-21(2,20(22)23)19-16-13-12-14-17-19;/h12-14,16-17H,3-11,15,18H2,1-2H3,(H,22,23);/q;+1/p-1. The first kappa shape index (κ1) is 24.3. The molecule has 0 spiro atoms. The van der Waals surface area contributed by atoms with Crippen LogP contribution in [0.5, 0.6) is 0 Å². The predicted molar refractivity (Wildman–Crippen MR) is 95.3 cm³/mol. The number of hydrogen-bond acceptors (Lipinski definition) is 2. The summed E-state index contributed by atoms with van der Waals surface area (Å²) in [6.45, 7) is 4.04. The van der Waals surface area contributed by atoms with Gasteiger partial charge in [0.05, 0.1) is 5.97 Å². The number of hydrogen-bond donors (Lipinski definition) is 0. The molecule has 0 aliphatic heterocycles. The van der Waals surface area contributed by atoms with Gasteiger partial charge in [-0.25, -0.2) is 0 Å². The normalized spacial score (nSPS) is 13.1. The molecule has 0 heterocycles. The Morgan fingerprint density at radius 2 is 1.33 bits per heavy atom. The Hall–Kier alpha value is 0.326. The number of rotatable bonds is 13. The Morgan fingerprint density at radius 3 is 1.79 bits per heavy atom. The zero-order valence-electron chi connectivity index (χ0n) is 16.0. The van der Waals surface area contributed by atoms with E-state index in [1.165, 1.54) is 51.4 Å². The van der Waals surface area contributed by atoms with Crippen LogP contribution < -0.4 is 56.5 Å². The molecule has 0 radical (unpaired) electrons. The molecule has 1 aromatic rings. The smallest absolute Gasteiger partial charge is 0.549 e. The fourth-order valence-corrected chi connectivity index (χ4v) is 3.14. The van der Waals surface area contributed by atoms with Gasteiger partial charge in [-0.05, 0) is 12.0 Å². The molecule has 1 rings (SSSR count). The molecule has 0 aromatic heterocycles. The average Bonchev–Trinajstić information content (AvgIpc) is 2.57. The van der Waals surface area contributed by atoms with E-state index in [2.05, 4.69) is 6.92 Å². The zero-order valence-corrected chi connectivity index (χ0v) is 19.1. The molecular formula is C21H33KO2. The Labute approximate surface area is 191 Å². The molecule has 24 heavy (non-hydrogen) atoms. The van der Waals surface area contributed by atoms with Crippen molar-refractivity contribution in [2.24, 2.45) is 0 Å². The van der Waals surface area contributed by atoms with Gasteiger partial charge in [0, 0.05) is 5.41 Å². The molecule has 2 nitrogen and oxygen atoms in total. The number of benzene rings is 1. The van der Waals surface area contributed by atoms with E-state index in [0.717, 1.165) is 18.4 Å². The van der Waals surface area contributed by atoms with Crippen molar-refractivity contribution in [3.63, 3.8) is 0 Å². The monoisotopic (exact) mass is 356 g/mol. The van der Waals surface area contributed by atoms with E-state index < -0.39 is 11.4 Å². The number of carbonyl (C=O) groups excluding carboxylic acids is 1. The molecule has 3 heteroatoms. The zero-order chi connectivity index (χ0) is 17.0. The summed E-state index contributed by atoms with van der Waals surface area (Å²) >= 11 is 0. The average molecular weight is 357 g/mol. The van der Waals surface area contributed by atoms with Crippen LogP contribution in [0.4, 0.5) is 0 Å². The van der Waals surface area contributed by atoms with Gasteiger partial charge in [-0.1, -0.05) is 108 Å². The van der Waals surface area contributed by atoms with Gasteiger partial charge in [-0.3, -0.25) is 0 Å². The van der Waals surface area contributed by atoms with Gasteiger partial charge in [-0.15, -0.1) is 0 Å². The third-order valence-electron chi connectivity index (χ3n) is 4.89. The van der Waals surface area contributed by atoms with Crippen LogP contribution in [-0.4, -0.2) is 5.97 Å². The maximum atomic E-state index is 11.6. The van der Waals surface area contributed by atoms with Gasteiger partial charge in [-0.2, -0.15) is 0 Å². The van der Waals surface area contributed by atoms with Crippen molar-refractivity contribution in [2.45, 2.75) is 89.9 Å². The van der Waals surface area contributed by atoms with Crippen molar-refractivity contribution in [1.29, 1.82) is 0 Å². The Bertz CT molecular complexity index is 433. The minimum absolute atomic E-state index is 0. The minimum atomic E-state index is -0.959. The summed E-state index contributed by atoms with van der Waals surface area (Å²) in [6.07, 6.45) is 13.3. The summed E-state index contributed by atoms with van der Waals surface area (Å²) < 4.78 is 0. The topological polar surface area (TPSA) is 40.1 Å². The summed E-state index contributed by atoms with van der Waals surface area (Å²) in [5.41, 5.74) is -0.00237. The molecule has 1 atom stereocenters. The summed E-state index contributed by atoms with van der Waals surface area (Å²) in [5, 5.41) is 11.6. The maximum Gasteiger partial charge on any atom is 1.00 e. The van der Waals surface area contributed by atoms with Crippen molar-refractivity contribution in [3.05, 3.63) is 35.9 Å². The quantitative estimate of drug-likeness (QED) is 0.401. The van der Waals surface area contributed by atoms with Gasteiger partial charge in [0.2, 0.25) is 0 Å². The fraction of sp³-hybridized carbons (Fsp3) is 0.667. The Morgan fingerprint density at radius 1 is 0.875 bits per heavy atom. The second-order valence-corrected chi connectivity index (χ2v) is 6.92. The molecule has 0 saturated carbocycles. The second-order valence-electron chi connectivity index (χ2n) is 6.92. The first-order chi connectivity index (χ1) is 11.1. The van der Waals surface area contributed by atoms with E-state index in [-0.39, 0.29) is 51.4 Å². The third-order valence-corrected chi connectivity index (χ3v) is 4.89. The van der Waals surface area contributed by atoms with E-state index in [1.54, 1.807) is 6.92 Å². The van der Waals surface area contributed by atoms with Gasteiger partial charge in [0.1, 0.15) is 0 Å². The van der Waals surface area contributed by atoms with Crippen LogP contribution in [0.25, 0.3) is 0 Å². The van der Waals surface area contributed by atoms with Crippen LogP contribution in [0, 0.1) is 0 Å². The molecule has 0 aliphatic carbocycles. The van der Waals surface area contributed by atoms with Crippen molar-refractivity contribution in [1.82, 2.24) is 0 Å². The van der Waals surface area contributed by atoms with Gasteiger partial charge < -0.3 is 9.90 Å². The first-order valence-electron chi connectivity index (χ1n) is 9.38. The summed E-state index contributed by atoms with van der Waals surface area (Å²) in [7, 11) is 0. The molecule has 130 valence electrons. The molecule has 0 bridgehead atoms. The number of carboxylic acid groups (broad SMARTS) is 1. The van der Waals surface area contributed by atoms with Crippen LogP contribution in [0.2, 0.25) is 0 Å². The molecule has 0 amide bonds. The summed E-state index contributed by atoms with van der Waals surface area (Å²) in [6, 6.07) is 9.50. The van der Waals surface area contributed by atoms with E-state index in [9.17, 15) is 9.90 Å². The number of aliphatic carboxylic acids is 1. The molecule has 0 aliphatic rings. The molecule has 1 aromatic carbocycles. The first-order valence-corrected chi connectivity index (χ1v) is 9.38. The summed E-state index contributed by atoms with van der Waals surface area (Å²) in [5.74, 6) is -0.959. The predicted octanol–water partition coefficient (Wildman–Crippen LogP) is 2.01. The van der Waals surface area contributed by atoms with E-state index in [1.807, 2.05) is 30.3 Å². The van der Waals surface area contributed by atoms with Crippen molar-refractivity contribution < 1.29 is 61.3 Å². The fourth-order valence-electron chi connectivity index (χ4n) is 3.14. The largest absolute Gasteiger partial charge is 1.00 e. The van der Waals surface area contributed by atoms with Crippen molar-refractivity contribution in [2.75, 3.05) is 0 Å². The minimum Gasteiger partial charge on any atom is -0.549 e. The van der Waals surface area contributed by atoms with Gasteiger partial charge in [0.15, 0.2) is 0 Å². The maximum absolute atomic E-state index is 11.6. The van der Waals surface area contributed by atoms with Crippen LogP contribution >= 0.6 is 0 Å². The third kappa shape index (κ3) is 9.14. The molecule has 1 unspecified atom stereocenters. The van der Waals surface area contributed by atoms with Crippen molar-refractivity contribution >= 4 is 5.97 Å². The Kier molecular flexibility index (Phi) is 14.7. The number of carbonyl (C=O) groups is 1. The number of carboxylic acids is 1. The van der Waals surface area contributed by atoms with E-state index in [0.29, 0.717) is 6.42 Å². The molecule has 0 saturated heterocycles. The van der Waals surface area contributed by atoms with Crippen LogP contribution in [0.1, 0.15) is 90.0 Å². The summed E-state index contributed by atoms with van der Waals surface area (Å²) in [4.78, 5) is 11.6. The second kappa shape index (κ2) is 14.5. The van der Waals surface area contributed by atoms with Gasteiger partial charge >= 0.3 is 51.4 Å². The van der Waals surface area contributed by atoms with Crippen molar-refractivity contribution in [3.8, 4) is 0 Å². The van der Waals surface area contributed by atoms with Crippen LogP contribution in [0.15, 0.2) is 30.3 Å². The SMILES string of the molecule is CCCCCCCCCCCCC(C)(C(=O)[O-])c1ccccc1.[K+].